The fourth-order valence-electron chi connectivity index (χ4n) is 1.79. The Morgan fingerprint density at radius 3 is 2.72 bits per heavy atom. The van der Waals surface area contributed by atoms with E-state index in [1.165, 1.54) is 5.56 Å². The zero-order chi connectivity index (χ0) is 12.6. The van der Waals surface area contributed by atoms with Gasteiger partial charge in [0.2, 0.25) is 0 Å². The van der Waals surface area contributed by atoms with Crippen molar-refractivity contribution in [2.75, 3.05) is 13.7 Å². The van der Waals surface area contributed by atoms with Crippen LogP contribution in [0.4, 0.5) is 0 Å². The van der Waals surface area contributed by atoms with Crippen molar-refractivity contribution >= 4 is 0 Å². The molecule has 94 valence electrons. The minimum atomic E-state index is 0.595. The second-order valence-corrected chi connectivity index (χ2v) is 4.17. The van der Waals surface area contributed by atoms with E-state index in [4.69, 9.17) is 9.47 Å². The van der Waals surface area contributed by atoms with Crippen molar-refractivity contribution in [1.29, 1.82) is 0 Å². The molecule has 0 amide bonds. The van der Waals surface area contributed by atoms with E-state index in [1.54, 1.807) is 7.11 Å². The highest BCUT2D eigenvalue weighted by atomic mass is 16.5. The zero-order valence-electron chi connectivity index (χ0n) is 10.6. The minimum Gasteiger partial charge on any atom is -0.489 e. The average molecular weight is 242 g/mol. The molecule has 0 fully saturated rings. The first kappa shape index (κ1) is 12.7. The lowest BCUT2D eigenvalue weighted by molar-refractivity contribution is 0.207. The maximum absolute atomic E-state index is 5.80. The molecule has 2 rings (SSSR count). The summed E-state index contributed by atoms with van der Waals surface area (Å²) in [5.41, 5.74) is 2.33. The van der Waals surface area contributed by atoms with Crippen molar-refractivity contribution in [2.24, 2.45) is 0 Å². The van der Waals surface area contributed by atoms with Crippen molar-refractivity contribution in [2.45, 2.75) is 13.0 Å². The van der Waals surface area contributed by atoms with Gasteiger partial charge in [0, 0.05) is 7.11 Å². The second-order valence-electron chi connectivity index (χ2n) is 4.17. The van der Waals surface area contributed by atoms with E-state index < -0.39 is 0 Å². The molecule has 0 aromatic heterocycles. The molecule has 0 atom stereocenters. The van der Waals surface area contributed by atoms with Crippen molar-refractivity contribution in [3.63, 3.8) is 0 Å². The van der Waals surface area contributed by atoms with Crippen molar-refractivity contribution < 1.29 is 9.47 Å². The minimum absolute atomic E-state index is 0.595. The first-order valence-corrected chi connectivity index (χ1v) is 6.11. The highest BCUT2D eigenvalue weighted by molar-refractivity contribution is 5.31. The van der Waals surface area contributed by atoms with Crippen LogP contribution in [0.15, 0.2) is 66.0 Å². The highest BCUT2D eigenvalue weighted by Gasteiger charge is 2.01. The average Bonchev–Trinajstić information content (AvgIpc) is 2.63. The van der Waals surface area contributed by atoms with Gasteiger partial charge < -0.3 is 9.47 Å². The normalized spacial score (nSPS) is 14.7. The van der Waals surface area contributed by atoms with E-state index in [2.05, 4.69) is 24.3 Å². The smallest absolute Gasteiger partial charge is 0.119 e. The Morgan fingerprint density at radius 2 is 1.94 bits per heavy atom. The lowest BCUT2D eigenvalue weighted by Crippen LogP contribution is -1.95. The summed E-state index contributed by atoms with van der Waals surface area (Å²) in [6.45, 7) is 1.22. The maximum atomic E-state index is 5.80. The second kappa shape index (κ2) is 6.82. The molecule has 1 aliphatic carbocycles. The van der Waals surface area contributed by atoms with Crippen LogP contribution in [0, 0.1) is 0 Å². The number of ether oxygens (including phenoxy) is 2. The van der Waals surface area contributed by atoms with Crippen molar-refractivity contribution in [3.8, 4) is 0 Å². The fourth-order valence-corrected chi connectivity index (χ4v) is 1.79. The van der Waals surface area contributed by atoms with Gasteiger partial charge in [-0.15, -0.1) is 0 Å². The Bertz CT molecular complexity index is 455. The number of hydrogen-bond donors (Lipinski definition) is 0. The molecule has 1 aliphatic rings. The molecule has 0 saturated carbocycles. The van der Waals surface area contributed by atoms with Crippen LogP contribution >= 0.6 is 0 Å². The molecular weight excluding hydrogens is 224 g/mol. The first-order chi connectivity index (χ1) is 8.88. The third kappa shape index (κ3) is 3.90. The van der Waals surface area contributed by atoms with Crippen LogP contribution in [-0.2, 0) is 16.1 Å². The molecule has 0 radical (unpaired) electrons. The van der Waals surface area contributed by atoms with Crippen LogP contribution in [0.3, 0.4) is 0 Å². The third-order valence-corrected chi connectivity index (χ3v) is 2.69. The fraction of sp³-hybridized carbons (Fsp3) is 0.250. The van der Waals surface area contributed by atoms with Gasteiger partial charge in [-0.1, -0.05) is 42.5 Å². The summed E-state index contributed by atoms with van der Waals surface area (Å²) >= 11 is 0. The summed E-state index contributed by atoms with van der Waals surface area (Å²) in [6, 6.07) is 10.2. The molecule has 2 heteroatoms. The number of allylic oxidation sites excluding steroid dienone is 3. The van der Waals surface area contributed by atoms with Gasteiger partial charge in [-0.3, -0.25) is 0 Å². The Morgan fingerprint density at radius 1 is 1.11 bits per heavy atom. The van der Waals surface area contributed by atoms with E-state index in [-0.39, 0.29) is 0 Å². The summed E-state index contributed by atoms with van der Waals surface area (Å²) in [5, 5.41) is 0. The Balaban J connectivity index is 1.97. The van der Waals surface area contributed by atoms with Crippen molar-refractivity contribution in [1.82, 2.24) is 0 Å². The summed E-state index contributed by atoms with van der Waals surface area (Å²) in [4.78, 5) is 0. The Kier molecular flexibility index (Phi) is 4.79. The van der Waals surface area contributed by atoms with Gasteiger partial charge in [-0.2, -0.15) is 0 Å². The molecule has 0 saturated heterocycles. The molecule has 0 N–H and O–H groups in total. The first-order valence-electron chi connectivity index (χ1n) is 6.11. The summed E-state index contributed by atoms with van der Waals surface area (Å²) in [7, 11) is 1.71. The molecule has 1 aromatic carbocycles. The lowest BCUT2D eigenvalue weighted by atomic mass is 10.2. The van der Waals surface area contributed by atoms with E-state index in [0.717, 1.165) is 17.8 Å². The number of methoxy groups -OCH3 is 1. The maximum Gasteiger partial charge on any atom is 0.119 e. The Hall–Kier alpha value is -1.80. The van der Waals surface area contributed by atoms with Crippen LogP contribution in [0.1, 0.15) is 12.0 Å². The SMILES string of the molecule is COCC1=CCC=CC(OCc2ccccc2)=C1. The molecular formula is C16H18O2. The van der Waals surface area contributed by atoms with Gasteiger partial charge >= 0.3 is 0 Å². The van der Waals surface area contributed by atoms with E-state index in [9.17, 15) is 0 Å². The van der Waals surface area contributed by atoms with Gasteiger partial charge in [0.05, 0.1) is 6.61 Å². The highest BCUT2D eigenvalue weighted by Crippen LogP contribution is 2.14. The molecule has 0 aliphatic heterocycles. The third-order valence-electron chi connectivity index (χ3n) is 2.69. The van der Waals surface area contributed by atoms with Crippen LogP contribution in [0.2, 0.25) is 0 Å². The van der Waals surface area contributed by atoms with Crippen LogP contribution in [0.25, 0.3) is 0 Å². The van der Waals surface area contributed by atoms with Gasteiger partial charge in [0.1, 0.15) is 12.4 Å². The van der Waals surface area contributed by atoms with Crippen LogP contribution in [0.5, 0.6) is 0 Å². The predicted molar refractivity (Wildman–Crippen MR) is 73.0 cm³/mol. The van der Waals surface area contributed by atoms with Gasteiger partial charge in [0.25, 0.3) is 0 Å². The Labute approximate surface area is 108 Å². The van der Waals surface area contributed by atoms with Gasteiger partial charge in [0.15, 0.2) is 0 Å². The molecule has 0 bridgehead atoms. The standard InChI is InChI=1S/C16H18O2/c1-17-12-15-9-5-6-10-16(11-15)18-13-14-7-3-2-4-8-14/h2-4,6-11H,5,12-13H2,1H3. The summed E-state index contributed by atoms with van der Waals surface area (Å²) in [5.74, 6) is 0.889. The topological polar surface area (TPSA) is 18.5 Å². The summed E-state index contributed by atoms with van der Waals surface area (Å²) < 4.78 is 11.0. The van der Waals surface area contributed by atoms with Crippen LogP contribution in [-0.4, -0.2) is 13.7 Å². The zero-order valence-corrected chi connectivity index (χ0v) is 10.6. The molecule has 2 nitrogen and oxygen atoms in total. The van der Waals surface area contributed by atoms with Crippen molar-refractivity contribution in [3.05, 3.63) is 71.5 Å². The number of hydrogen-bond acceptors (Lipinski definition) is 2. The van der Waals surface area contributed by atoms with Gasteiger partial charge in [-0.05, 0) is 29.7 Å². The quantitative estimate of drug-likeness (QED) is 0.785. The predicted octanol–water partition coefficient (Wildman–Crippen LogP) is 3.62. The van der Waals surface area contributed by atoms with E-state index in [1.807, 2.05) is 30.4 Å². The lowest BCUT2D eigenvalue weighted by Gasteiger charge is -2.07. The van der Waals surface area contributed by atoms with E-state index >= 15 is 0 Å². The molecule has 18 heavy (non-hydrogen) atoms. The largest absolute Gasteiger partial charge is 0.489 e. The van der Waals surface area contributed by atoms with Gasteiger partial charge in [-0.25, -0.2) is 0 Å². The van der Waals surface area contributed by atoms with Crippen LogP contribution < -0.4 is 0 Å². The monoisotopic (exact) mass is 242 g/mol. The molecule has 0 heterocycles. The number of benzene rings is 1. The summed E-state index contributed by atoms with van der Waals surface area (Å²) in [6.07, 6.45) is 9.23. The molecule has 1 aromatic rings. The molecule has 0 spiro atoms. The van der Waals surface area contributed by atoms with E-state index in [0.29, 0.717) is 13.2 Å². The molecule has 0 unspecified atom stereocenters. The number of rotatable bonds is 5.